The van der Waals surface area contributed by atoms with E-state index >= 15 is 0 Å². The third-order valence-corrected chi connectivity index (χ3v) is 2.37. The van der Waals surface area contributed by atoms with Crippen LogP contribution >= 0.6 is 0 Å². The summed E-state index contributed by atoms with van der Waals surface area (Å²) in [6, 6.07) is 5.22. The fourth-order valence-electron chi connectivity index (χ4n) is 1.45. The van der Waals surface area contributed by atoms with Gasteiger partial charge in [-0.2, -0.15) is 5.10 Å². The van der Waals surface area contributed by atoms with Crippen LogP contribution in [0.15, 0.2) is 24.5 Å². The molecule has 0 saturated heterocycles. The molecule has 0 unspecified atom stereocenters. The molecular weight excluding hydrogens is 220 g/mol. The predicted octanol–water partition coefficient (Wildman–Crippen LogP) is 0.809. The lowest BCUT2D eigenvalue weighted by atomic mass is 10.2. The van der Waals surface area contributed by atoms with Crippen molar-refractivity contribution in [1.29, 1.82) is 0 Å². The second kappa shape index (κ2) is 5.31. The number of phenols is 1. The number of hydrogen-bond acceptors (Lipinski definition) is 5. The molecule has 3 N–H and O–H groups in total. The Hall–Kier alpha value is -2.08. The number of phenolic OH excluding ortho intramolecular Hbond substituents is 1. The summed E-state index contributed by atoms with van der Waals surface area (Å²) in [5, 5.41) is 19.4. The second-order valence-electron chi connectivity index (χ2n) is 3.53. The molecule has 1 aromatic carbocycles. The maximum atomic E-state index is 9.72. The highest BCUT2D eigenvalue weighted by atomic mass is 16.5. The van der Waals surface area contributed by atoms with E-state index < -0.39 is 0 Å². The lowest BCUT2D eigenvalue weighted by Crippen LogP contribution is -2.13. The fourth-order valence-corrected chi connectivity index (χ4v) is 1.45. The summed E-state index contributed by atoms with van der Waals surface area (Å²) < 4.78 is 5.01. The maximum absolute atomic E-state index is 9.72. The topological polar surface area (TPSA) is 83.1 Å². The molecule has 0 aliphatic carbocycles. The Morgan fingerprint density at radius 3 is 2.94 bits per heavy atom. The minimum absolute atomic E-state index is 0.217. The van der Waals surface area contributed by atoms with Gasteiger partial charge >= 0.3 is 0 Å². The van der Waals surface area contributed by atoms with Crippen molar-refractivity contribution in [3.8, 4) is 11.5 Å². The number of rotatable bonds is 5. The molecule has 6 heteroatoms. The third-order valence-electron chi connectivity index (χ3n) is 2.37. The Kier molecular flexibility index (Phi) is 3.56. The number of aromatic hydroxyl groups is 1. The molecule has 1 aromatic heterocycles. The van der Waals surface area contributed by atoms with Gasteiger partial charge < -0.3 is 15.2 Å². The Morgan fingerprint density at radius 1 is 1.41 bits per heavy atom. The van der Waals surface area contributed by atoms with Crippen molar-refractivity contribution < 1.29 is 9.84 Å². The highest BCUT2D eigenvalue weighted by molar-refractivity contribution is 5.39. The van der Waals surface area contributed by atoms with E-state index in [1.165, 1.54) is 6.33 Å². The van der Waals surface area contributed by atoms with Gasteiger partial charge in [-0.15, -0.1) is 0 Å². The summed E-state index contributed by atoms with van der Waals surface area (Å²) >= 11 is 0. The van der Waals surface area contributed by atoms with Crippen molar-refractivity contribution >= 4 is 0 Å². The standard InChI is InChI=1S/C11H14N4O2/c1-17-9-3-2-8(10(16)4-9)5-12-6-11-13-7-14-15-11/h2-4,7,12,16H,5-6H2,1H3,(H,13,14,15). The number of benzene rings is 1. The zero-order valence-electron chi connectivity index (χ0n) is 9.47. The van der Waals surface area contributed by atoms with Crippen LogP contribution in [-0.2, 0) is 13.1 Å². The monoisotopic (exact) mass is 234 g/mol. The molecule has 0 saturated carbocycles. The normalized spacial score (nSPS) is 10.4. The molecule has 90 valence electrons. The van der Waals surface area contributed by atoms with E-state index in [-0.39, 0.29) is 5.75 Å². The maximum Gasteiger partial charge on any atom is 0.138 e. The molecule has 0 amide bonds. The molecule has 0 aliphatic heterocycles. The minimum atomic E-state index is 0.217. The first kappa shape index (κ1) is 11.4. The van der Waals surface area contributed by atoms with E-state index in [4.69, 9.17) is 4.74 Å². The first-order valence-corrected chi connectivity index (χ1v) is 5.20. The van der Waals surface area contributed by atoms with Gasteiger partial charge in [0.2, 0.25) is 0 Å². The van der Waals surface area contributed by atoms with E-state index in [1.807, 2.05) is 12.1 Å². The second-order valence-corrected chi connectivity index (χ2v) is 3.53. The Morgan fingerprint density at radius 2 is 2.29 bits per heavy atom. The van der Waals surface area contributed by atoms with Gasteiger partial charge in [-0.05, 0) is 6.07 Å². The van der Waals surface area contributed by atoms with Crippen LogP contribution in [0.1, 0.15) is 11.4 Å². The Bertz CT molecular complexity index is 470. The van der Waals surface area contributed by atoms with Crippen molar-refractivity contribution in [2.24, 2.45) is 0 Å². The first-order chi connectivity index (χ1) is 8.29. The van der Waals surface area contributed by atoms with E-state index in [1.54, 1.807) is 13.2 Å². The number of H-pyrrole nitrogens is 1. The van der Waals surface area contributed by atoms with Crippen LogP contribution < -0.4 is 10.1 Å². The van der Waals surface area contributed by atoms with E-state index in [2.05, 4.69) is 20.5 Å². The molecule has 2 aromatic rings. The summed E-state index contributed by atoms with van der Waals surface area (Å²) in [7, 11) is 1.57. The van der Waals surface area contributed by atoms with Gasteiger partial charge in [0.25, 0.3) is 0 Å². The summed E-state index contributed by atoms with van der Waals surface area (Å²) in [4.78, 5) is 3.99. The van der Waals surface area contributed by atoms with Gasteiger partial charge in [-0.3, -0.25) is 5.10 Å². The van der Waals surface area contributed by atoms with E-state index in [0.717, 1.165) is 11.4 Å². The van der Waals surface area contributed by atoms with Crippen LogP contribution in [0.2, 0.25) is 0 Å². The molecule has 0 spiro atoms. The lowest BCUT2D eigenvalue weighted by molar-refractivity contribution is 0.406. The molecule has 0 bridgehead atoms. The van der Waals surface area contributed by atoms with E-state index in [9.17, 15) is 5.11 Å². The van der Waals surface area contributed by atoms with Gasteiger partial charge in [0.1, 0.15) is 23.7 Å². The average Bonchev–Trinajstić information content (AvgIpc) is 2.84. The van der Waals surface area contributed by atoms with Crippen molar-refractivity contribution in [1.82, 2.24) is 20.5 Å². The Balaban J connectivity index is 1.90. The van der Waals surface area contributed by atoms with Crippen LogP contribution in [0, 0.1) is 0 Å². The molecule has 2 rings (SSSR count). The number of aromatic amines is 1. The lowest BCUT2D eigenvalue weighted by Gasteiger charge is -2.07. The molecule has 17 heavy (non-hydrogen) atoms. The number of ether oxygens (including phenoxy) is 1. The van der Waals surface area contributed by atoms with Crippen LogP contribution in [0.25, 0.3) is 0 Å². The minimum Gasteiger partial charge on any atom is -0.507 e. The van der Waals surface area contributed by atoms with Crippen molar-refractivity contribution in [3.05, 3.63) is 35.9 Å². The molecule has 0 aliphatic rings. The van der Waals surface area contributed by atoms with Crippen LogP contribution in [-0.4, -0.2) is 27.4 Å². The van der Waals surface area contributed by atoms with Crippen molar-refractivity contribution in [2.75, 3.05) is 7.11 Å². The van der Waals surface area contributed by atoms with Crippen molar-refractivity contribution in [2.45, 2.75) is 13.1 Å². The molecular formula is C11H14N4O2. The summed E-state index contributed by atoms with van der Waals surface area (Å²) in [6.45, 7) is 1.13. The van der Waals surface area contributed by atoms with Crippen LogP contribution in [0.5, 0.6) is 11.5 Å². The number of nitrogens with one attached hydrogen (secondary N) is 2. The van der Waals surface area contributed by atoms with Gasteiger partial charge in [0.15, 0.2) is 0 Å². The summed E-state index contributed by atoms with van der Waals surface area (Å²) in [6.07, 6.45) is 1.46. The zero-order valence-corrected chi connectivity index (χ0v) is 9.47. The largest absolute Gasteiger partial charge is 0.507 e. The van der Waals surface area contributed by atoms with Crippen molar-refractivity contribution in [3.63, 3.8) is 0 Å². The van der Waals surface area contributed by atoms with Gasteiger partial charge in [0.05, 0.1) is 13.7 Å². The molecule has 6 nitrogen and oxygen atoms in total. The molecule has 1 heterocycles. The number of nitrogens with zero attached hydrogens (tertiary/aromatic N) is 2. The highest BCUT2D eigenvalue weighted by Crippen LogP contribution is 2.23. The number of hydrogen-bond donors (Lipinski definition) is 3. The molecule has 0 radical (unpaired) electrons. The average molecular weight is 234 g/mol. The van der Waals surface area contributed by atoms with E-state index in [0.29, 0.717) is 18.8 Å². The summed E-state index contributed by atoms with van der Waals surface area (Å²) in [5.41, 5.74) is 0.810. The summed E-state index contributed by atoms with van der Waals surface area (Å²) in [5.74, 6) is 1.62. The Labute approximate surface area is 98.7 Å². The number of methoxy groups -OCH3 is 1. The predicted molar refractivity (Wildman–Crippen MR) is 61.6 cm³/mol. The SMILES string of the molecule is COc1ccc(CNCc2ncn[nH]2)c(O)c1. The van der Waals surface area contributed by atoms with Gasteiger partial charge in [-0.25, -0.2) is 4.98 Å². The van der Waals surface area contributed by atoms with Crippen LogP contribution in [0.4, 0.5) is 0 Å². The quantitative estimate of drug-likeness (QED) is 0.713. The van der Waals surface area contributed by atoms with Gasteiger partial charge in [0, 0.05) is 18.2 Å². The smallest absolute Gasteiger partial charge is 0.138 e. The molecule has 0 atom stereocenters. The van der Waals surface area contributed by atoms with Gasteiger partial charge in [-0.1, -0.05) is 6.07 Å². The fraction of sp³-hybridized carbons (Fsp3) is 0.273. The zero-order chi connectivity index (χ0) is 12.1. The molecule has 0 fully saturated rings. The highest BCUT2D eigenvalue weighted by Gasteiger charge is 2.03. The number of aromatic nitrogens is 3. The van der Waals surface area contributed by atoms with Crippen LogP contribution in [0.3, 0.4) is 0 Å². The third kappa shape index (κ3) is 2.94. The first-order valence-electron chi connectivity index (χ1n) is 5.20.